The summed E-state index contributed by atoms with van der Waals surface area (Å²) in [6.45, 7) is 0.832. The lowest BCUT2D eigenvalue weighted by molar-refractivity contribution is -0.137. The lowest BCUT2D eigenvalue weighted by Gasteiger charge is -2.30. The van der Waals surface area contributed by atoms with E-state index >= 15 is 4.39 Å². The van der Waals surface area contributed by atoms with Gasteiger partial charge in [0.25, 0.3) is 5.91 Å². The number of alkyl halides is 3. The molecule has 53 heavy (non-hydrogen) atoms. The highest BCUT2D eigenvalue weighted by Crippen LogP contribution is 2.38. The van der Waals surface area contributed by atoms with Crippen molar-refractivity contribution in [2.24, 2.45) is 0 Å². The molecule has 1 unspecified atom stereocenters. The largest absolute Gasteiger partial charge is 0.497 e. The number of halogens is 4. The zero-order valence-corrected chi connectivity index (χ0v) is 28.8. The summed E-state index contributed by atoms with van der Waals surface area (Å²) >= 11 is 0. The first kappa shape index (κ1) is 36.8. The maximum absolute atomic E-state index is 16.2. The Hall–Kier alpha value is -5.97. The molecule has 1 aliphatic heterocycles. The number of piperidine rings is 1. The van der Waals surface area contributed by atoms with E-state index in [0.29, 0.717) is 59.8 Å². The fraction of sp³-hybridized carbons (Fsp3) is 0.306. The molecule has 17 heteroatoms. The fourth-order valence-corrected chi connectivity index (χ4v) is 6.30. The van der Waals surface area contributed by atoms with Crippen molar-refractivity contribution in [1.82, 2.24) is 24.3 Å². The van der Waals surface area contributed by atoms with Crippen LogP contribution in [0, 0.1) is 5.82 Å². The van der Waals surface area contributed by atoms with Crippen LogP contribution in [0.25, 0.3) is 16.8 Å². The van der Waals surface area contributed by atoms with Crippen molar-refractivity contribution in [2.45, 2.75) is 38.1 Å². The second-order valence-corrected chi connectivity index (χ2v) is 12.2. The summed E-state index contributed by atoms with van der Waals surface area (Å²) in [5, 5.41) is 15.4. The van der Waals surface area contributed by atoms with Gasteiger partial charge < -0.3 is 34.9 Å². The van der Waals surface area contributed by atoms with Crippen molar-refractivity contribution < 1.29 is 46.5 Å². The van der Waals surface area contributed by atoms with Gasteiger partial charge in [-0.05, 0) is 55.3 Å². The molecule has 1 fully saturated rings. The number of methoxy groups -OCH3 is 3. The number of carbonyl (C=O) groups is 2. The molecular formula is C36H35F4N7O6. The van der Waals surface area contributed by atoms with Gasteiger partial charge in [-0.2, -0.15) is 13.2 Å². The van der Waals surface area contributed by atoms with Crippen LogP contribution in [0.2, 0.25) is 0 Å². The monoisotopic (exact) mass is 737 g/mol. The lowest BCUT2D eigenvalue weighted by Crippen LogP contribution is -2.38. The number of likely N-dealkylation sites (tertiary alicyclic amines) is 1. The predicted octanol–water partition coefficient (Wildman–Crippen LogP) is 6.83. The number of hydrogen-bond donors (Lipinski definition) is 3. The zero-order chi connectivity index (χ0) is 37.9. The smallest absolute Gasteiger partial charge is 0.416 e. The van der Waals surface area contributed by atoms with E-state index in [1.807, 2.05) is 6.07 Å². The van der Waals surface area contributed by atoms with Crippen LogP contribution in [0.4, 0.5) is 34.0 Å². The van der Waals surface area contributed by atoms with Gasteiger partial charge in [-0.3, -0.25) is 9.20 Å². The summed E-state index contributed by atoms with van der Waals surface area (Å²) in [5.41, 5.74) is 0.673. The third-order valence-electron chi connectivity index (χ3n) is 8.86. The van der Waals surface area contributed by atoms with Gasteiger partial charge in [0.2, 0.25) is 0 Å². The molecule has 0 aliphatic carbocycles. The number of amides is 2. The normalized spacial score (nSPS) is 14.6. The van der Waals surface area contributed by atoms with Crippen molar-refractivity contribution in [3.8, 4) is 22.8 Å². The minimum Gasteiger partial charge on any atom is -0.497 e. The lowest BCUT2D eigenvalue weighted by atomic mass is 9.97. The van der Waals surface area contributed by atoms with Crippen molar-refractivity contribution in [3.05, 3.63) is 95.0 Å². The minimum atomic E-state index is -4.65. The van der Waals surface area contributed by atoms with E-state index in [1.54, 1.807) is 29.8 Å². The number of anilines is 2. The average molecular weight is 738 g/mol. The van der Waals surface area contributed by atoms with Crippen LogP contribution < -0.4 is 20.1 Å². The predicted molar refractivity (Wildman–Crippen MR) is 185 cm³/mol. The second-order valence-electron chi connectivity index (χ2n) is 12.2. The molecule has 6 rings (SSSR count). The number of rotatable bonds is 11. The van der Waals surface area contributed by atoms with E-state index in [1.165, 1.54) is 31.3 Å². The van der Waals surface area contributed by atoms with Gasteiger partial charge in [-0.1, -0.05) is 0 Å². The molecule has 0 bridgehead atoms. The Morgan fingerprint density at radius 2 is 1.85 bits per heavy atom. The summed E-state index contributed by atoms with van der Waals surface area (Å²) in [6, 6.07) is 10.4. The van der Waals surface area contributed by atoms with E-state index in [0.717, 1.165) is 23.9 Å². The van der Waals surface area contributed by atoms with Crippen molar-refractivity contribution in [1.29, 1.82) is 0 Å². The number of carbonyl (C=O) groups excluding carboxylic acids is 1. The van der Waals surface area contributed by atoms with E-state index in [4.69, 9.17) is 19.2 Å². The SMILES string of the molecule is COCc1cnc(NCc2ccc(OC)cc2OC)c2c(-c3ccc(C(=O)Nc4cc(C(F)(F)F)ccn4)cc3F)nc(C3CCCN(C(=O)O)C3)n12. The van der Waals surface area contributed by atoms with E-state index in [-0.39, 0.29) is 48.3 Å². The van der Waals surface area contributed by atoms with E-state index in [2.05, 4.69) is 20.6 Å². The highest BCUT2D eigenvalue weighted by molar-refractivity contribution is 6.04. The highest BCUT2D eigenvalue weighted by Gasteiger charge is 2.32. The molecule has 3 aromatic heterocycles. The number of ether oxygens (including phenoxy) is 3. The molecule has 0 spiro atoms. The van der Waals surface area contributed by atoms with Crippen LogP contribution in [0.3, 0.4) is 0 Å². The summed E-state index contributed by atoms with van der Waals surface area (Å²) < 4.78 is 74.0. The summed E-state index contributed by atoms with van der Waals surface area (Å²) in [7, 11) is 4.58. The minimum absolute atomic E-state index is 0.00478. The van der Waals surface area contributed by atoms with Gasteiger partial charge in [0, 0.05) is 61.6 Å². The van der Waals surface area contributed by atoms with Crippen molar-refractivity contribution >= 4 is 29.2 Å². The zero-order valence-electron chi connectivity index (χ0n) is 28.8. The Morgan fingerprint density at radius 3 is 2.55 bits per heavy atom. The number of carboxylic acid groups (broad SMARTS) is 1. The molecule has 2 amide bonds. The molecule has 5 aromatic rings. The highest BCUT2D eigenvalue weighted by atomic mass is 19.4. The molecule has 13 nitrogen and oxygen atoms in total. The standard InChI is InChI=1S/C36H35F4N7O6/c1-51-19-24-17-43-32(42-16-21-6-8-25(52-2)15-28(21)53-3)31-30(45-33(47(24)31)22-5-4-12-46(18-22)35(49)50)26-9-7-20(13-27(26)37)34(48)44-29-14-23(10-11-41-29)36(38,39)40/h6-11,13-15,17,22H,4-5,12,16,18-19H2,1-3H3,(H,42,43)(H,49,50)(H,41,44,48). The van der Waals surface area contributed by atoms with Crippen LogP contribution in [-0.2, 0) is 24.1 Å². The van der Waals surface area contributed by atoms with Crippen LogP contribution in [0.1, 0.15) is 51.8 Å². The Bertz CT molecular complexity index is 2160. The third kappa shape index (κ3) is 7.79. The van der Waals surface area contributed by atoms with Gasteiger partial charge in [0.1, 0.15) is 40.2 Å². The van der Waals surface area contributed by atoms with Crippen molar-refractivity contribution in [3.63, 3.8) is 0 Å². The van der Waals surface area contributed by atoms with Gasteiger partial charge in [0.05, 0.1) is 38.3 Å². The molecular weight excluding hydrogens is 702 g/mol. The molecule has 1 saturated heterocycles. The number of imidazole rings is 1. The number of hydrogen-bond acceptors (Lipinski definition) is 9. The van der Waals surface area contributed by atoms with Crippen molar-refractivity contribution in [2.75, 3.05) is 45.1 Å². The second kappa shape index (κ2) is 15.3. The van der Waals surface area contributed by atoms with E-state index in [9.17, 15) is 27.9 Å². The first-order chi connectivity index (χ1) is 25.4. The van der Waals surface area contributed by atoms with Crippen LogP contribution in [-0.4, -0.2) is 75.8 Å². The number of fused-ring (bicyclic) bond motifs is 1. The van der Waals surface area contributed by atoms with Gasteiger partial charge in [0.15, 0.2) is 5.82 Å². The van der Waals surface area contributed by atoms with Gasteiger partial charge >= 0.3 is 12.3 Å². The molecule has 1 atom stereocenters. The topological polar surface area (TPSA) is 152 Å². The summed E-state index contributed by atoms with van der Waals surface area (Å²) in [6.07, 6.45) is -2.03. The number of nitrogens with zero attached hydrogens (tertiary/aromatic N) is 5. The third-order valence-corrected chi connectivity index (χ3v) is 8.86. The van der Waals surface area contributed by atoms with Crippen LogP contribution in [0.5, 0.6) is 11.5 Å². The van der Waals surface area contributed by atoms with Gasteiger partial charge in [-0.25, -0.2) is 24.1 Å². The number of benzene rings is 2. The molecule has 3 N–H and O–H groups in total. The molecule has 2 aromatic carbocycles. The fourth-order valence-electron chi connectivity index (χ4n) is 6.30. The van der Waals surface area contributed by atoms with Crippen LogP contribution in [0.15, 0.2) is 60.9 Å². The summed E-state index contributed by atoms with van der Waals surface area (Å²) in [4.78, 5) is 39.7. The number of aromatic nitrogens is 4. The Kier molecular flexibility index (Phi) is 10.6. The Balaban J connectivity index is 1.44. The average Bonchev–Trinajstić information content (AvgIpc) is 3.55. The maximum Gasteiger partial charge on any atom is 0.416 e. The van der Waals surface area contributed by atoms with E-state index < -0.39 is 29.6 Å². The van der Waals surface area contributed by atoms with Gasteiger partial charge in [-0.15, -0.1) is 0 Å². The first-order valence-electron chi connectivity index (χ1n) is 16.4. The number of nitrogens with one attached hydrogen (secondary N) is 2. The maximum atomic E-state index is 16.2. The molecule has 278 valence electrons. The first-order valence-corrected chi connectivity index (χ1v) is 16.4. The van der Waals surface area contributed by atoms with Crippen LogP contribution >= 0.6 is 0 Å². The number of pyridine rings is 1. The molecule has 1 aliphatic rings. The Morgan fingerprint density at radius 1 is 1.04 bits per heavy atom. The molecule has 0 saturated carbocycles. The quantitative estimate of drug-likeness (QED) is 0.123. The Labute approximate surface area is 300 Å². The molecule has 0 radical (unpaired) electrons. The summed E-state index contributed by atoms with van der Waals surface area (Å²) in [5.74, 6) is -0.527. The molecule has 4 heterocycles.